The van der Waals surface area contributed by atoms with E-state index in [0.29, 0.717) is 11.4 Å². The molecule has 6 heteroatoms. The third-order valence-corrected chi connectivity index (χ3v) is 4.59. The van der Waals surface area contributed by atoms with E-state index >= 15 is 0 Å². The molecule has 0 aliphatic carbocycles. The summed E-state index contributed by atoms with van der Waals surface area (Å²) in [6.45, 7) is 4.11. The Bertz CT molecular complexity index is 1110. The number of fused-ring (bicyclic) bond motifs is 1. The molecule has 131 valence electrons. The minimum atomic E-state index is -0.228. The predicted octanol–water partition coefficient (Wildman–Crippen LogP) is 3.76. The fourth-order valence-corrected chi connectivity index (χ4v) is 3.11. The average Bonchev–Trinajstić information content (AvgIpc) is 3.18. The summed E-state index contributed by atoms with van der Waals surface area (Å²) in [5.41, 5.74) is 3.26. The molecule has 4 aromatic rings. The summed E-state index contributed by atoms with van der Waals surface area (Å²) in [6.07, 6.45) is 1.98. The molecule has 2 N–H and O–H groups in total. The van der Waals surface area contributed by atoms with Gasteiger partial charge in [-0.15, -0.1) is 5.10 Å². The van der Waals surface area contributed by atoms with Gasteiger partial charge in [-0.2, -0.15) is 0 Å². The van der Waals surface area contributed by atoms with Crippen molar-refractivity contribution in [2.45, 2.75) is 19.8 Å². The Morgan fingerprint density at radius 1 is 1.08 bits per heavy atom. The van der Waals surface area contributed by atoms with Gasteiger partial charge in [0, 0.05) is 24.1 Å². The summed E-state index contributed by atoms with van der Waals surface area (Å²) in [7, 11) is 1.98. The normalized spacial score (nSPS) is 11.5. The van der Waals surface area contributed by atoms with Gasteiger partial charge in [0.1, 0.15) is 5.75 Å². The zero-order chi connectivity index (χ0) is 18.4. The highest BCUT2D eigenvalue weighted by molar-refractivity contribution is 5.83. The topological polar surface area (TPSA) is 76.1 Å². The van der Waals surface area contributed by atoms with Crippen molar-refractivity contribution in [2.75, 3.05) is 0 Å². The number of aromatic nitrogens is 4. The second-order valence-electron chi connectivity index (χ2n) is 6.67. The second kappa shape index (κ2) is 5.91. The second-order valence-corrected chi connectivity index (χ2v) is 6.67. The minimum absolute atomic E-state index is 0.0452. The molecule has 1 radical (unpaired) electrons. The summed E-state index contributed by atoms with van der Waals surface area (Å²) >= 11 is 0. The van der Waals surface area contributed by atoms with Gasteiger partial charge in [-0.25, -0.2) is 4.57 Å². The van der Waals surface area contributed by atoms with Crippen LogP contribution in [0.5, 0.6) is 11.8 Å². The minimum Gasteiger partial charge on any atom is -0.507 e. The van der Waals surface area contributed by atoms with Crippen LogP contribution in [0, 0.1) is 6.07 Å². The van der Waals surface area contributed by atoms with Crippen LogP contribution in [0.3, 0.4) is 0 Å². The van der Waals surface area contributed by atoms with Crippen LogP contribution in [-0.4, -0.2) is 29.5 Å². The molecule has 0 saturated heterocycles. The fourth-order valence-electron chi connectivity index (χ4n) is 3.11. The molecular formula is C20H19N4O2. The molecule has 0 amide bonds. The third-order valence-electron chi connectivity index (χ3n) is 4.59. The van der Waals surface area contributed by atoms with Gasteiger partial charge in [0.2, 0.25) is 0 Å². The highest BCUT2D eigenvalue weighted by Crippen LogP contribution is 2.34. The van der Waals surface area contributed by atoms with E-state index in [0.717, 1.165) is 22.2 Å². The van der Waals surface area contributed by atoms with Crippen molar-refractivity contribution < 1.29 is 10.2 Å². The van der Waals surface area contributed by atoms with Crippen molar-refractivity contribution in [2.24, 2.45) is 7.05 Å². The number of hydrogen-bond donors (Lipinski definition) is 2. The van der Waals surface area contributed by atoms with E-state index in [9.17, 15) is 10.2 Å². The molecule has 0 fully saturated rings. The van der Waals surface area contributed by atoms with E-state index in [1.807, 2.05) is 48.1 Å². The molecule has 2 aromatic carbocycles. The first kappa shape index (κ1) is 16.2. The van der Waals surface area contributed by atoms with Gasteiger partial charge in [-0.05, 0) is 53.9 Å². The van der Waals surface area contributed by atoms with Crippen molar-refractivity contribution in [1.82, 2.24) is 19.3 Å². The van der Waals surface area contributed by atoms with Gasteiger partial charge in [-0.1, -0.05) is 18.9 Å². The van der Waals surface area contributed by atoms with Crippen LogP contribution in [0.1, 0.15) is 25.3 Å². The summed E-state index contributed by atoms with van der Waals surface area (Å²) in [6, 6.07) is 14.0. The van der Waals surface area contributed by atoms with E-state index in [2.05, 4.69) is 30.1 Å². The maximum Gasteiger partial charge on any atom is 0.319 e. The number of nitrogens with zero attached hydrogens (tertiary/aromatic N) is 4. The standard InChI is InChI=1S/C20H19N4O2/c1-12(2)13-4-7-18(25)16(11-13)19-21-22-20(26)24(19)15-5-6-17-14(10-15)8-9-23(17)3/h5-12,25H,1-3H3,(H,22,26). The summed E-state index contributed by atoms with van der Waals surface area (Å²) in [4.78, 5) is 0. The lowest BCUT2D eigenvalue weighted by Gasteiger charge is -2.12. The van der Waals surface area contributed by atoms with Crippen LogP contribution in [0.25, 0.3) is 28.0 Å². The number of hydrogen-bond acceptors (Lipinski definition) is 4. The SMILES string of the molecule is CC(C)c1[c]cc(O)c(-c2nnc(O)n2-c2ccc3c(ccn3C)c2)c1. The van der Waals surface area contributed by atoms with Gasteiger partial charge in [-0.3, -0.25) is 0 Å². The molecule has 0 aliphatic rings. The van der Waals surface area contributed by atoms with Gasteiger partial charge in [0.25, 0.3) is 0 Å². The molecule has 0 bridgehead atoms. The van der Waals surface area contributed by atoms with E-state index in [-0.39, 0.29) is 17.7 Å². The average molecular weight is 347 g/mol. The zero-order valence-electron chi connectivity index (χ0n) is 14.8. The molecule has 0 unspecified atom stereocenters. The zero-order valence-corrected chi connectivity index (χ0v) is 14.8. The third kappa shape index (κ3) is 2.50. The molecule has 6 nitrogen and oxygen atoms in total. The molecule has 4 rings (SSSR count). The number of phenols is 1. The maximum absolute atomic E-state index is 10.3. The Balaban J connectivity index is 1.92. The lowest BCUT2D eigenvalue weighted by Crippen LogP contribution is -1.99. The van der Waals surface area contributed by atoms with Crippen molar-refractivity contribution in [1.29, 1.82) is 0 Å². The quantitative estimate of drug-likeness (QED) is 0.592. The number of aromatic hydroxyl groups is 2. The van der Waals surface area contributed by atoms with E-state index in [4.69, 9.17) is 0 Å². The Labute approximate surface area is 151 Å². The Morgan fingerprint density at radius 2 is 1.88 bits per heavy atom. The maximum atomic E-state index is 10.3. The van der Waals surface area contributed by atoms with Crippen molar-refractivity contribution >= 4 is 10.9 Å². The van der Waals surface area contributed by atoms with Gasteiger partial charge in [0.05, 0.1) is 11.3 Å². The van der Waals surface area contributed by atoms with Crippen LogP contribution >= 0.6 is 0 Å². The van der Waals surface area contributed by atoms with E-state index in [1.165, 1.54) is 10.6 Å². The molecule has 2 heterocycles. The highest BCUT2D eigenvalue weighted by Gasteiger charge is 2.19. The molecule has 2 aromatic heterocycles. The number of benzene rings is 2. The number of rotatable bonds is 3. The van der Waals surface area contributed by atoms with Crippen LogP contribution in [0.4, 0.5) is 0 Å². The molecule has 26 heavy (non-hydrogen) atoms. The van der Waals surface area contributed by atoms with E-state index < -0.39 is 0 Å². The monoisotopic (exact) mass is 347 g/mol. The first-order chi connectivity index (χ1) is 12.5. The Kier molecular flexibility index (Phi) is 3.68. The summed E-state index contributed by atoms with van der Waals surface area (Å²) < 4.78 is 3.56. The van der Waals surface area contributed by atoms with Gasteiger partial charge < -0.3 is 14.8 Å². The predicted molar refractivity (Wildman–Crippen MR) is 99.5 cm³/mol. The molecule has 0 spiro atoms. The van der Waals surface area contributed by atoms with Crippen LogP contribution < -0.4 is 0 Å². The van der Waals surface area contributed by atoms with Crippen molar-refractivity contribution in [3.05, 3.63) is 54.2 Å². The number of aryl methyl sites for hydroxylation is 1. The molecule has 0 atom stereocenters. The van der Waals surface area contributed by atoms with Crippen LogP contribution in [-0.2, 0) is 7.05 Å². The van der Waals surface area contributed by atoms with Crippen LogP contribution in [0.2, 0.25) is 0 Å². The van der Waals surface area contributed by atoms with Gasteiger partial charge >= 0.3 is 6.01 Å². The van der Waals surface area contributed by atoms with Crippen molar-refractivity contribution in [3.8, 4) is 28.8 Å². The van der Waals surface area contributed by atoms with E-state index in [1.54, 1.807) is 0 Å². The Morgan fingerprint density at radius 3 is 2.65 bits per heavy atom. The lowest BCUT2D eigenvalue weighted by atomic mass is 10.00. The number of phenolic OH excluding ortho intramolecular Hbond substituents is 1. The van der Waals surface area contributed by atoms with Gasteiger partial charge in [0.15, 0.2) is 5.82 Å². The largest absolute Gasteiger partial charge is 0.507 e. The highest BCUT2D eigenvalue weighted by atomic mass is 16.3. The van der Waals surface area contributed by atoms with Crippen LogP contribution in [0.15, 0.2) is 42.6 Å². The fraction of sp³-hybridized carbons (Fsp3) is 0.200. The first-order valence-electron chi connectivity index (χ1n) is 8.40. The summed E-state index contributed by atoms with van der Waals surface area (Å²) in [5, 5.41) is 29.6. The Hall–Kier alpha value is -3.28. The lowest BCUT2D eigenvalue weighted by molar-refractivity contribution is 0.420. The first-order valence-corrected chi connectivity index (χ1v) is 8.40. The molecule has 0 saturated carbocycles. The molecular weight excluding hydrogens is 328 g/mol. The smallest absolute Gasteiger partial charge is 0.319 e. The van der Waals surface area contributed by atoms with Crippen molar-refractivity contribution in [3.63, 3.8) is 0 Å². The summed E-state index contributed by atoms with van der Waals surface area (Å²) in [5.74, 6) is 0.676. The molecule has 0 aliphatic heterocycles.